The molecule has 0 fully saturated rings. The van der Waals surface area contributed by atoms with Gasteiger partial charge in [0.15, 0.2) is 4.80 Å². The lowest BCUT2D eigenvalue weighted by Gasteiger charge is -2.21. The Hall–Kier alpha value is -2.89. The van der Waals surface area contributed by atoms with Gasteiger partial charge < -0.3 is 4.57 Å². The lowest BCUT2D eigenvalue weighted by molar-refractivity contribution is -0.384. The van der Waals surface area contributed by atoms with Crippen molar-refractivity contribution in [2.45, 2.75) is 51.5 Å². The van der Waals surface area contributed by atoms with E-state index >= 15 is 0 Å². The zero-order valence-corrected chi connectivity index (χ0v) is 21.1. The maximum Gasteiger partial charge on any atom is 0.279 e. The van der Waals surface area contributed by atoms with Crippen molar-refractivity contribution in [2.75, 3.05) is 13.1 Å². The van der Waals surface area contributed by atoms with Crippen LogP contribution in [0.15, 0.2) is 52.4 Å². The van der Waals surface area contributed by atoms with E-state index in [1.807, 2.05) is 25.3 Å². The van der Waals surface area contributed by atoms with E-state index in [0.717, 1.165) is 11.9 Å². The molecule has 182 valence electrons. The summed E-state index contributed by atoms with van der Waals surface area (Å²) in [5.74, 6) is -0.506. The van der Waals surface area contributed by atoms with Gasteiger partial charge in [0.25, 0.3) is 11.6 Å². The van der Waals surface area contributed by atoms with E-state index in [-0.39, 0.29) is 16.1 Å². The number of carbonyl (C=O) groups excluding carboxylic acids is 1. The highest BCUT2D eigenvalue weighted by atomic mass is 32.2. The molecular formula is C23H28N4O5S2. The van der Waals surface area contributed by atoms with Crippen LogP contribution in [0.5, 0.6) is 0 Å². The minimum absolute atomic E-state index is 0.0211. The Morgan fingerprint density at radius 1 is 1.06 bits per heavy atom. The molecule has 0 aliphatic rings. The smallest absolute Gasteiger partial charge is 0.279 e. The predicted molar refractivity (Wildman–Crippen MR) is 132 cm³/mol. The average molecular weight is 505 g/mol. The van der Waals surface area contributed by atoms with Gasteiger partial charge in [0.1, 0.15) is 0 Å². The van der Waals surface area contributed by atoms with Crippen LogP contribution < -0.4 is 4.80 Å². The minimum Gasteiger partial charge on any atom is -0.316 e. The molecule has 1 heterocycles. The van der Waals surface area contributed by atoms with Crippen LogP contribution in [0.1, 0.15) is 50.4 Å². The fraction of sp³-hybridized carbons (Fsp3) is 0.391. The first kappa shape index (κ1) is 25.7. The molecule has 2 aromatic carbocycles. The van der Waals surface area contributed by atoms with E-state index in [2.05, 4.69) is 4.99 Å². The van der Waals surface area contributed by atoms with E-state index in [1.165, 1.54) is 52.0 Å². The molecule has 9 nitrogen and oxygen atoms in total. The molecule has 0 N–H and O–H groups in total. The number of hydrogen-bond donors (Lipinski definition) is 0. The van der Waals surface area contributed by atoms with Crippen LogP contribution in [0, 0.1) is 10.1 Å². The molecule has 0 radical (unpaired) electrons. The van der Waals surface area contributed by atoms with Gasteiger partial charge in [-0.2, -0.15) is 9.30 Å². The molecule has 11 heteroatoms. The second-order valence-electron chi connectivity index (χ2n) is 7.79. The highest BCUT2D eigenvalue weighted by Crippen LogP contribution is 2.24. The Balaban J connectivity index is 1.97. The molecule has 1 amide bonds. The van der Waals surface area contributed by atoms with Crippen LogP contribution >= 0.6 is 11.3 Å². The first-order valence-electron chi connectivity index (χ1n) is 11.2. The van der Waals surface area contributed by atoms with Gasteiger partial charge in [-0.25, -0.2) is 8.42 Å². The number of amides is 1. The molecular weight excluding hydrogens is 476 g/mol. The summed E-state index contributed by atoms with van der Waals surface area (Å²) in [4.78, 5) is 28.4. The second kappa shape index (κ2) is 11.0. The fourth-order valence-corrected chi connectivity index (χ4v) is 6.33. The number of fused-ring (bicyclic) bond motifs is 1. The van der Waals surface area contributed by atoms with Crippen LogP contribution in [0.3, 0.4) is 0 Å². The Morgan fingerprint density at radius 3 is 2.26 bits per heavy atom. The number of sulfonamides is 1. The molecule has 0 atom stereocenters. The quantitative estimate of drug-likeness (QED) is 0.296. The fourth-order valence-electron chi connectivity index (χ4n) is 3.62. The molecule has 0 spiro atoms. The van der Waals surface area contributed by atoms with Crippen molar-refractivity contribution in [3.05, 3.63) is 62.9 Å². The summed E-state index contributed by atoms with van der Waals surface area (Å²) in [6, 6.07) is 10.4. The van der Waals surface area contributed by atoms with Crippen molar-refractivity contribution >= 4 is 43.2 Å². The third-order valence-corrected chi connectivity index (χ3v) is 8.16. The van der Waals surface area contributed by atoms with Crippen LogP contribution in [0.4, 0.5) is 5.69 Å². The summed E-state index contributed by atoms with van der Waals surface area (Å²) in [5.41, 5.74) is 1.02. The second-order valence-corrected chi connectivity index (χ2v) is 10.7. The van der Waals surface area contributed by atoms with E-state index in [4.69, 9.17) is 0 Å². The number of aryl methyl sites for hydroxylation is 1. The van der Waals surface area contributed by atoms with Crippen LogP contribution in [0.25, 0.3) is 10.2 Å². The summed E-state index contributed by atoms with van der Waals surface area (Å²) in [6.07, 6.45) is 2.22. The Labute approximate surface area is 202 Å². The van der Waals surface area contributed by atoms with Gasteiger partial charge in [0.05, 0.1) is 20.0 Å². The van der Waals surface area contributed by atoms with Crippen molar-refractivity contribution in [2.24, 2.45) is 4.99 Å². The number of rotatable bonds is 10. The van der Waals surface area contributed by atoms with E-state index in [9.17, 15) is 23.3 Å². The maximum absolute atomic E-state index is 12.9. The van der Waals surface area contributed by atoms with E-state index in [0.29, 0.717) is 42.0 Å². The van der Waals surface area contributed by atoms with E-state index < -0.39 is 20.9 Å². The van der Waals surface area contributed by atoms with Crippen molar-refractivity contribution in [3.8, 4) is 0 Å². The van der Waals surface area contributed by atoms with Gasteiger partial charge in [-0.05, 0) is 49.6 Å². The SMILES string of the molecule is CCCN(CCC)S(=O)(=O)c1ccc(C(=O)N=c2sc3cc([N+](=O)[O-])ccc3n2CCC)cc1. The number of carbonyl (C=O) groups is 1. The summed E-state index contributed by atoms with van der Waals surface area (Å²) in [5, 5.41) is 11.1. The molecule has 0 saturated carbocycles. The number of nitro benzene ring substituents is 1. The van der Waals surface area contributed by atoms with Crippen LogP contribution in [-0.2, 0) is 16.6 Å². The van der Waals surface area contributed by atoms with Gasteiger partial charge in [-0.3, -0.25) is 14.9 Å². The molecule has 0 saturated heterocycles. The highest BCUT2D eigenvalue weighted by Gasteiger charge is 2.23. The minimum atomic E-state index is -3.63. The predicted octanol–water partition coefficient (Wildman–Crippen LogP) is 4.57. The Morgan fingerprint density at radius 2 is 1.71 bits per heavy atom. The van der Waals surface area contributed by atoms with Gasteiger partial charge >= 0.3 is 0 Å². The lowest BCUT2D eigenvalue weighted by Crippen LogP contribution is -2.32. The summed E-state index contributed by atoms with van der Waals surface area (Å²) in [6.45, 7) is 7.33. The third-order valence-electron chi connectivity index (χ3n) is 5.21. The monoisotopic (exact) mass is 504 g/mol. The molecule has 0 aliphatic heterocycles. The molecule has 3 rings (SSSR count). The van der Waals surface area contributed by atoms with Crippen molar-refractivity contribution in [3.63, 3.8) is 0 Å². The number of nitro groups is 1. The highest BCUT2D eigenvalue weighted by molar-refractivity contribution is 7.89. The molecule has 34 heavy (non-hydrogen) atoms. The summed E-state index contributed by atoms with van der Waals surface area (Å²) >= 11 is 1.21. The van der Waals surface area contributed by atoms with Crippen molar-refractivity contribution < 1.29 is 18.1 Å². The van der Waals surface area contributed by atoms with E-state index in [1.54, 1.807) is 6.07 Å². The number of benzene rings is 2. The molecule has 0 aliphatic carbocycles. The van der Waals surface area contributed by atoms with Gasteiger partial charge in [-0.15, -0.1) is 0 Å². The van der Waals surface area contributed by atoms with Crippen LogP contribution in [-0.4, -0.2) is 41.2 Å². The number of aromatic nitrogens is 1. The summed E-state index contributed by atoms with van der Waals surface area (Å²) < 4.78 is 29.9. The van der Waals surface area contributed by atoms with Crippen LogP contribution in [0.2, 0.25) is 0 Å². The maximum atomic E-state index is 12.9. The van der Waals surface area contributed by atoms with Crippen molar-refractivity contribution in [1.82, 2.24) is 8.87 Å². The average Bonchev–Trinajstić information content (AvgIpc) is 3.15. The molecule has 0 bridgehead atoms. The first-order chi connectivity index (χ1) is 16.2. The zero-order valence-electron chi connectivity index (χ0n) is 19.4. The number of non-ortho nitro benzene ring substituents is 1. The third kappa shape index (κ3) is 5.43. The zero-order chi connectivity index (χ0) is 24.9. The Bertz CT molecular complexity index is 1350. The normalized spacial score (nSPS) is 12.5. The standard InChI is InChI=1S/C23H28N4O5S2/c1-4-13-25(14-5-2)34(31,32)19-10-7-17(8-11-19)22(28)24-23-26(15-6-3)20-12-9-18(27(29)30)16-21(20)33-23/h7-12,16H,4-6,13-15H2,1-3H3. The van der Waals surface area contributed by atoms with Crippen molar-refractivity contribution in [1.29, 1.82) is 0 Å². The van der Waals surface area contributed by atoms with Gasteiger partial charge in [0, 0.05) is 37.3 Å². The van der Waals surface area contributed by atoms with Gasteiger partial charge in [-0.1, -0.05) is 32.1 Å². The topological polar surface area (TPSA) is 115 Å². The first-order valence-corrected chi connectivity index (χ1v) is 13.5. The molecule has 3 aromatic rings. The summed E-state index contributed by atoms with van der Waals surface area (Å²) in [7, 11) is -3.63. The molecule has 1 aromatic heterocycles. The number of nitrogens with zero attached hydrogens (tertiary/aromatic N) is 4. The Kier molecular flexibility index (Phi) is 8.34. The molecule has 0 unspecified atom stereocenters. The largest absolute Gasteiger partial charge is 0.316 e. The number of thiazole rings is 1. The van der Waals surface area contributed by atoms with Gasteiger partial charge in [0.2, 0.25) is 10.0 Å². The lowest BCUT2D eigenvalue weighted by atomic mass is 10.2. The number of hydrogen-bond acceptors (Lipinski definition) is 6.